The quantitative estimate of drug-likeness (QED) is 0.891. The molecule has 0 fully saturated rings. The molecule has 3 nitrogen and oxygen atoms in total. The highest BCUT2D eigenvalue weighted by molar-refractivity contribution is 6.33. The molecule has 0 aliphatic rings. The second-order valence-corrected chi connectivity index (χ2v) is 4.19. The van der Waals surface area contributed by atoms with Crippen molar-refractivity contribution in [2.45, 2.75) is 13.5 Å². The van der Waals surface area contributed by atoms with Crippen LogP contribution in [0.2, 0.25) is 5.02 Å². The van der Waals surface area contributed by atoms with E-state index in [0.29, 0.717) is 18.2 Å². The predicted octanol–water partition coefficient (Wildman–Crippen LogP) is 3.75. The minimum absolute atomic E-state index is 0.677. The SMILES string of the molecule is CCOc1ccc(CNc2cnccc2Cl)cc1. The Kier molecular flexibility index (Phi) is 4.42. The summed E-state index contributed by atoms with van der Waals surface area (Å²) in [5.74, 6) is 0.890. The molecule has 18 heavy (non-hydrogen) atoms. The molecule has 0 aliphatic heterocycles. The van der Waals surface area contributed by atoms with Gasteiger partial charge in [0.15, 0.2) is 0 Å². The molecule has 1 aromatic heterocycles. The molecule has 0 bridgehead atoms. The lowest BCUT2D eigenvalue weighted by molar-refractivity contribution is 0.340. The first-order valence-electron chi connectivity index (χ1n) is 5.84. The monoisotopic (exact) mass is 262 g/mol. The molecule has 0 amide bonds. The molecular formula is C14H15ClN2O. The molecule has 0 saturated heterocycles. The Bertz CT molecular complexity index is 499. The number of pyridine rings is 1. The third kappa shape index (κ3) is 3.37. The van der Waals surface area contributed by atoms with E-state index in [4.69, 9.17) is 16.3 Å². The van der Waals surface area contributed by atoms with E-state index in [1.165, 1.54) is 5.56 Å². The van der Waals surface area contributed by atoms with Crippen LogP contribution in [-0.2, 0) is 6.54 Å². The second kappa shape index (κ2) is 6.26. The lowest BCUT2D eigenvalue weighted by Gasteiger charge is -2.08. The fourth-order valence-electron chi connectivity index (χ4n) is 1.58. The number of benzene rings is 1. The number of nitrogens with one attached hydrogen (secondary N) is 1. The van der Waals surface area contributed by atoms with Gasteiger partial charge in [-0.25, -0.2) is 0 Å². The number of halogens is 1. The Labute approximate surface area is 112 Å². The van der Waals surface area contributed by atoms with E-state index in [-0.39, 0.29) is 0 Å². The lowest BCUT2D eigenvalue weighted by Crippen LogP contribution is -2.00. The number of hydrogen-bond donors (Lipinski definition) is 1. The normalized spacial score (nSPS) is 10.1. The number of aromatic nitrogens is 1. The van der Waals surface area contributed by atoms with E-state index in [2.05, 4.69) is 10.3 Å². The second-order valence-electron chi connectivity index (χ2n) is 3.79. The zero-order chi connectivity index (χ0) is 12.8. The van der Waals surface area contributed by atoms with Crippen LogP contribution in [-0.4, -0.2) is 11.6 Å². The maximum atomic E-state index is 6.03. The van der Waals surface area contributed by atoms with Gasteiger partial charge in [-0.2, -0.15) is 0 Å². The zero-order valence-electron chi connectivity index (χ0n) is 10.2. The van der Waals surface area contributed by atoms with Gasteiger partial charge in [-0.3, -0.25) is 4.98 Å². The van der Waals surface area contributed by atoms with Crippen LogP contribution in [0.1, 0.15) is 12.5 Å². The van der Waals surface area contributed by atoms with Crippen LogP contribution in [0.5, 0.6) is 5.75 Å². The summed E-state index contributed by atoms with van der Waals surface area (Å²) in [5.41, 5.74) is 2.01. The smallest absolute Gasteiger partial charge is 0.119 e. The maximum Gasteiger partial charge on any atom is 0.119 e. The van der Waals surface area contributed by atoms with Crippen LogP contribution in [0.4, 0.5) is 5.69 Å². The van der Waals surface area contributed by atoms with Crippen molar-refractivity contribution >= 4 is 17.3 Å². The zero-order valence-corrected chi connectivity index (χ0v) is 10.9. The van der Waals surface area contributed by atoms with Gasteiger partial charge in [0.05, 0.1) is 23.5 Å². The van der Waals surface area contributed by atoms with Gasteiger partial charge in [-0.1, -0.05) is 23.7 Å². The summed E-state index contributed by atoms with van der Waals surface area (Å²) in [4.78, 5) is 4.03. The third-order valence-electron chi connectivity index (χ3n) is 2.49. The molecule has 2 rings (SSSR count). The van der Waals surface area contributed by atoms with Gasteiger partial charge in [-0.15, -0.1) is 0 Å². The first kappa shape index (κ1) is 12.7. The highest BCUT2D eigenvalue weighted by Gasteiger charge is 1.99. The molecule has 0 atom stereocenters. The van der Waals surface area contributed by atoms with E-state index in [1.807, 2.05) is 31.2 Å². The van der Waals surface area contributed by atoms with E-state index in [9.17, 15) is 0 Å². The lowest BCUT2D eigenvalue weighted by atomic mass is 10.2. The standard InChI is InChI=1S/C14H15ClN2O/c1-2-18-12-5-3-11(4-6-12)9-17-14-10-16-8-7-13(14)15/h3-8,10,17H,2,9H2,1H3. The van der Waals surface area contributed by atoms with Crippen LogP contribution < -0.4 is 10.1 Å². The van der Waals surface area contributed by atoms with Gasteiger partial charge in [0, 0.05) is 12.7 Å². The number of anilines is 1. The Morgan fingerprint density at radius 1 is 1.22 bits per heavy atom. The number of hydrogen-bond acceptors (Lipinski definition) is 3. The number of rotatable bonds is 5. The first-order valence-corrected chi connectivity index (χ1v) is 6.22. The molecule has 1 aromatic carbocycles. The molecule has 0 radical (unpaired) electrons. The Balaban J connectivity index is 1.96. The van der Waals surface area contributed by atoms with Crippen molar-refractivity contribution in [2.75, 3.05) is 11.9 Å². The molecule has 0 spiro atoms. The fourth-order valence-corrected chi connectivity index (χ4v) is 1.75. The Hall–Kier alpha value is -1.74. The Morgan fingerprint density at radius 2 is 2.00 bits per heavy atom. The van der Waals surface area contributed by atoms with Crippen LogP contribution >= 0.6 is 11.6 Å². The fraction of sp³-hybridized carbons (Fsp3) is 0.214. The largest absolute Gasteiger partial charge is 0.494 e. The minimum atomic E-state index is 0.677. The van der Waals surface area contributed by atoms with Crippen molar-refractivity contribution in [3.8, 4) is 5.75 Å². The van der Waals surface area contributed by atoms with Crippen molar-refractivity contribution in [3.63, 3.8) is 0 Å². The molecule has 1 heterocycles. The van der Waals surface area contributed by atoms with Crippen molar-refractivity contribution in [1.29, 1.82) is 0 Å². The number of ether oxygens (including phenoxy) is 1. The minimum Gasteiger partial charge on any atom is -0.494 e. The van der Waals surface area contributed by atoms with E-state index < -0.39 is 0 Å². The van der Waals surface area contributed by atoms with E-state index in [0.717, 1.165) is 11.4 Å². The molecule has 2 aromatic rings. The molecule has 0 aliphatic carbocycles. The summed E-state index contributed by atoms with van der Waals surface area (Å²) in [6.07, 6.45) is 3.39. The highest BCUT2D eigenvalue weighted by atomic mass is 35.5. The first-order chi connectivity index (χ1) is 8.79. The van der Waals surface area contributed by atoms with Gasteiger partial charge < -0.3 is 10.1 Å². The molecule has 0 saturated carbocycles. The van der Waals surface area contributed by atoms with Crippen LogP contribution in [0.3, 0.4) is 0 Å². The van der Waals surface area contributed by atoms with Crippen LogP contribution in [0.25, 0.3) is 0 Å². The van der Waals surface area contributed by atoms with E-state index in [1.54, 1.807) is 18.5 Å². The number of nitrogens with zero attached hydrogens (tertiary/aromatic N) is 1. The van der Waals surface area contributed by atoms with Gasteiger partial charge in [0.2, 0.25) is 0 Å². The summed E-state index contributed by atoms with van der Waals surface area (Å²) >= 11 is 6.03. The van der Waals surface area contributed by atoms with Crippen LogP contribution in [0, 0.1) is 0 Å². The topological polar surface area (TPSA) is 34.1 Å². The molecular weight excluding hydrogens is 248 g/mol. The molecule has 4 heteroatoms. The van der Waals surface area contributed by atoms with Crippen LogP contribution in [0.15, 0.2) is 42.7 Å². The highest BCUT2D eigenvalue weighted by Crippen LogP contribution is 2.20. The summed E-state index contributed by atoms with van der Waals surface area (Å²) in [6, 6.07) is 9.75. The predicted molar refractivity (Wildman–Crippen MR) is 74.2 cm³/mol. The summed E-state index contributed by atoms with van der Waals surface area (Å²) in [6.45, 7) is 3.36. The van der Waals surface area contributed by atoms with Gasteiger partial charge >= 0.3 is 0 Å². The average Bonchev–Trinajstić information content (AvgIpc) is 2.40. The summed E-state index contributed by atoms with van der Waals surface area (Å²) in [7, 11) is 0. The van der Waals surface area contributed by atoms with Crippen molar-refractivity contribution in [3.05, 3.63) is 53.3 Å². The van der Waals surface area contributed by atoms with Crippen molar-refractivity contribution in [2.24, 2.45) is 0 Å². The molecule has 1 N–H and O–H groups in total. The van der Waals surface area contributed by atoms with Crippen molar-refractivity contribution < 1.29 is 4.74 Å². The average molecular weight is 263 g/mol. The molecule has 0 unspecified atom stereocenters. The maximum absolute atomic E-state index is 6.03. The van der Waals surface area contributed by atoms with Crippen molar-refractivity contribution in [1.82, 2.24) is 4.98 Å². The third-order valence-corrected chi connectivity index (χ3v) is 2.81. The van der Waals surface area contributed by atoms with Gasteiger partial charge in [0.25, 0.3) is 0 Å². The van der Waals surface area contributed by atoms with E-state index >= 15 is 0 Å². The molecule has 94 valence electrons. The van der Waals surface area contributed by atoms with Gasteiger partial charge in [0.1, 0.15) is 5.75 Å². The Morgan fingerprint density at radius 3 is 2.67 bits per heavy atom. The summed E-state index contributed by atoms with van der Waals surface area (Å²) in [5, 5.41) is 3.92. The van der Waals surface area contributed by atoms with Gasteiger partial charge in [-0.05, 0) is 30.7 Å². The summed E-state index contributed by atoms with van der Waals surface area (Å²) < 4.78 is 5.39.